The summed E-state index contributed by atoms with van der Waals surface area (Å²) < 4.78 is 5.18. The smallest absolute Gasteiger partial charge is 0.324 e. The lowest BCUT2D eigenvalue weighted by atomic mass is 10.1. The summed E-state index contributed by atoms with van der Waals surface area (Å²) in [4.78, 5) is 26.4. The van der Waals surface area contributed by atoms with Gasteiger partial charge in [0.05, 0.1) is 6.54 Å². The molecule has 0 saturated carbocycles. The maximum Gasteiger partial charge on any atom is 0.324 e. The molecule has 3 rings (SSSR count). The number of nitrogens with zero attached hydrogens (tertiary/aromatic N) is 2. The summed E-state index contributed by atoms with van der Waals surface area (Å²) >= 11 is 0. The number of carbonyl (C=O) groups is 2. The van der Waals surface area contributed by atoms with E-state index in [2.05, 4.69) is 15.8 Å². The molecule has 7 heteroatoms. The predicted octanol–water partition coefficient (Wildman–Crippen LogP) is 3.17. The van der Waals surface area contributed by atoms with Crippen molar-refractivity contribution in [3.8, 4) is 0 Å². The van der Waals surface area contributed by atoms with E-state index in [1.807, 2.05) is 38.1 Å². The normalized spacial score (nSPS) is 17.2. The van der Waals surface area contributed by atoms with Crippen molar-refractivity contribution in [2.45, 2.75) is 39.3 Å². The molecule has 1 aliphatic heterocycles. The SMILES string of the molecule is CC(C)c1cc(NC(=O)N2Cc3ccccc3NC(=O)C2C)no1. The summed E-state index contributed by atoms with van der Waals surface area (Å²) in [7, 11) is 0. The van der Waals surface area contributed by atoms with Gasteiger partial charge in [-0.2, -0.15) is 0 Å². The second-order valence-corrected chi connectivity index (χ2v) is 6.15. The Morgan fingerprint density at radius 3 is 2.88 bits per heavy atom. The van der Waals surface area contributed by atoms with E-state index in [0.29, 0.717) is 18.1 Å². The molecule has 24 heavy (non-hydrogen) atoms. The number of para-hydroxylation sites is 1. The number of aromatic nitrogens is 1. The number of nitrogens with one attached hydrogen (secondary N) is 2. The predicted molar refractivity (Wildman–Crippen MR) is 89.7 cm³/mol. The fraction of sp³-hybridized carbons (Fsp3) is 0.353. The van der Waals surface area contributed by atoms with E-state index in [0.717, 1.165) is 11.3 Å². The van der Waals surface area contributed by atoms with Crippen LogP contribution in [-0.4, -0.2) is 28.0 Å². The van der Waals surface area contributed by atoms with Gasteiger partial charge in [0.25, 0.3) is 0 Å². The van der Waals surface area contributed by atoms with Crippen LogP contribution in [0.4, 0.5) is 16.3 Å². The van der Waals surface area contributed by atoms with Gasteiger partial charge in [-0.1, -0.05) is 37.2 Å². The molecule has 1 aromatic heterocycles. The Labute approximate surface area is 140 Å². The van der Waals surface area contributed by atoms with Crippen molar-refractivity contribution in [3.05, 3.63) is 41.7 Å². The summed E-state index contributed by atoms with van der Waals surface area (Å²) in [5.41, 5.74) is 1.61. The van der Waals surface area contributed by atoms with Gasteiger partial charge in [0.15, 0.2) is 5.82 Å². The monoisotopic (exact) mass is 328 g/mol. The van der Waals surface area contributed by atoms with Crippen molar-refractivity contribution in [3.63, 3.8) is 0 Å². The first kappa shape index (κ1) is 16.0. The molecule has 0 bridgehead atoms. The third kappa shape index (κ3) is 3.10. The van der Waals surface area contributed by atoms with Gasteiger partial charge in [0.1, 0.15) is 11.8 Å². The topological polar surface area (TPSA) is 87.5 Å². The number of benzene rings is 1. The lowest BCUT2D eigenvalue weighted by molar-refractivity contribution is -0.119. The highest BCUT2D eigenvalue weighted by atomic mass is 16.5. The zero-order valence-corrected chi connectivity index (χ0v) is 13.9. The summed E-state index contributed by atoms with van der Waals surface area (Å²) in [6.07, 6.45) is 0. The molecule has 1 aliphatic rings. The van der Waals surface area contributed by atoms with Gasteiger partial charge in [-0.3, -0.25) is 10.1 Å². The van der Waals surface area contributed by atoms with Crippen molar-refractivity contribution in [2.75, 3.05) is 10.6 Å². The average molecular weight is 328 g/mol. The fourth-order valence-corrected chi connectivity index (χ4v) is 2.53. The molecular formula is C17H20N4O3. The Balaban J connectivity index is 1.81. The number of carbonyl (C=O) groups excluding carboxylic acids is 2. The van der Waals surface area contributed by atoms with Crippen molar-refractivity contribution in [2.24, 2.45) is 0 Å². The minimum Gasteiger partial charge on any atom is -0.359 e. The molecule has 1 atom stereocenters. The Hall–Kier alpha value is -2.83. The summed E-state index contributed by atoms with van der Waals surface area (Å²) in [5, 5.41) is 9.39. The largest absolute Gasteiger partial charge is 0.359 e. The minimum atomic E-state index is -0.603. The maximum atomic E-state index is 12.6. The lowest BCUT2D eigenvalue weighted by Crippen LogP contribution is -2.45. The van der Waals surface area contributed by atoms with E-state index < -0.39 is 12.1 Å². The molecule has 0 fully saturated rings. The Morgan fingerprint density at radius 2 is 2.17 bits per heavy atom. The molecule has 1 unspecified atom stereocenters. The Kier molecular flexibility index (Phi) is 4.24. The van der Waals surface area contributed by atoms with Crippen molar-refractivity contribution in [1.29, 1.82) is 0 Å². The standard InChI is InChI=1S/C17H20N4O3/c1-10(2)14-8-15(20-24-14)19-17(23)21-9-12-6-4-5-7-13(12)18-16(22)11(21)3/h4-8,10-11H,9H2,1-3H3,(H,18,22)(H,19,20,23). The Morgan fingerprint density at radius 1 is 1.42 bits per heavy atom. The van der Waals surface area contributed by atoms with Crippen molar-refractivity contribution in [1.82, 2.24) is 10.1 Å². The number of urea groups is 1. The zero-order valence-electron chi connectivity index (χ0n) is 13.9. The van der Waals surface area contributed by atoms with E-state index in [9.17, 15) is 9.59 Å². The number of amides is 3. The van der Waals surface area contributed by atoms with Crippen LogP contribution < -0.4 is 10.6 Å². The maximum absolute atomic E-state index is 12.6. The van der Waals surface area contributed by atoms with Crippen LogP contribution in [0, 0.1) is 0 Å². The number of hydrogen-bond donors (Lipinski definition) is 2. The van der Waals surface area contributed by atoms with Gasteiger partial charge in [-0.05, 0) is 18.6 Å². The van der Waals surface area contributed by atoms with E-state index in [1.165, 1.54) is 4.90 Å². The lowest BCUT2D eigenvalue weighted by Gasteiger charge is -2.25. The van der Waals surface area contributed by atoms with Gasteiger partial charge in [0.2, 0.25) is 5.91 Å². The minimum absolute atomic E-state index is 0.179. The molecule has 2 aromatic rings. The van der Waals surface area contributed by atoms with Crippen LogP contribution in [0.2, 0.25) is 0 Å². The van der Waals surface area contributed by atoms with Crippen LogP contribution in [0.1, 0.15) is 38.0 Å². The van der Waals surface area contributed by atoms with E-state index in [-0.39, 0.29) is 11.8 Å². The third-order valence-corrected chi connectivity index (χ3v) is 4.06. The molecule has 0 aliphatic carbocycles. The second-order valence-electron chi connectivity index (χ2n) is 6.15. The van der Waals surface area contributed by atoms with Crippen LogP contribution >= 0.6 is 0 Å². The summed E-state index contributed by atoms with van der Waals surface area (Å²) in [6.45, 7) is 5.98. The second kappa shape index (κ2) is 6.35. The molecule has 7 nitrogen and oxygen atoms in total. The van der Waals surface area contributed by atoms with E-state index in [4.69, 9.17) is 4.52 Å². The zero-order chi connectivity index (χ0) is 17.3. The quantitative estimate of drug-likeness (QED) is 0.886. The van der Waals surface area contributed by atoms with Crippen LogP contribution in [0.25, 0.3) is 0 Å². The first-order valence-corrected chi connectivity index (χ1v) is 7.88. The first-order chi connectivity index (χ1) is 11.5. The number of fused-ring (bicyclic) bond motifs is 1. The van der Waals surface area contributed by atoms with Gasteiger partial charge in [-0.15, -0.1) is 0 Å². The molecule has 0 radical (unpaired) electrons. The van der Waals surface area contributed by atoms with Gasteiger partial charge >= 0.3 is 6.03 Å². The molecule has 2 heterocycles. The number of hydrogen-bond acceptors (Lipinski definition) is 4. The molecule has 2 N–H and O–H groups in total. The highest BCUT2D eigenvalue weighted by molar-refractivity contribution is 6.00. The molecular weight excluding hydrogens is 308 g/mol. The van der Waals surface area contributed by atoms with Gasteiger partial charge in [-0.25, -0.2) is 4.79 Å². The third-order valence-electron chi connectivity index (χ3n) is 4.06. The number of rotatable bonds is 2. The van der Waals surface area contributed by atoms with Gasteiger partial charge in [0, 0.05) is 17.7 Å². The number of anilines is 2. The van der Waals surface area contributed by atoms with E-state index in [1.54, 1.807) is 13.0 Å². The van der Waals surface area contributed by atoms with Gasteiger partial charge < -0.3 is 14.7 Å². The Bertz CT molecular complexity index is 769. The molecule has 0 saturated heterocycles. The van der Waals surface area contributed by atoms with Crippen molar-refractivity contribution < 1.29 is 14.1 Å². The molecule has 1 aromatic carbocycles. The highest BCUT2D eigenvalue weighted by Crippen LogP contribution is 2.24. The summed E-state index contributed by atoms with van der Waals surface area (Å²) in [6, 6.07) is 8.15. The average Bonchev–Trinajstić information content (AvgIpc) is 2.97. The fourth-order valence-electron chi connectivity index (χ4n) is 2.53. The first-order valence-electron chi connectivity index (χ1n) is 7.88. The summed E-state index contributed by atoms with van der Waals surface area (Å²) in [5.74, 6) is 0.988. The van der Waals surface area contributed by atoms with Crippen molar-refractivity contribution >= 4 is 23.4 Å². The molecule has 0 spiro atoms. The van der Waals surface area contributed by atoms with Crippen LogP contribution in [0.15, 0.2) is 34.9 Å². The van der Waals surface area contributed by atoms with Crippen LogP contribution in [0.3, 0.4) is 0 Å². The molecule has 126 valence electrons. The highest BCUT2D eigenvalue weighted by Gasteiger charge is 2.30. The molecule has 3 amide bonds. The van der Waals surface area contributed by atoms with Crippen LogP contribution in [0.5, 0.6) is 0 Å². The van der Waals surface area contributed by atoms with Crippen LogP contribution in [-0.2, 0) is 11.3 Å². The van der Waals surface area contributed by atoms with E-state index >= 15 is 0 Å².